The number of alkyl halides is 4. The molecular weight excluding hydrogens is 735 g/mol. The third-order valence-electron chi connectivity index (χ3n) is 7.73. The predicted molar refractivity (Wildman–Crippen MR) is 175 cm³/mol. The average Bonchev–Trinajstić information content (AvgIpc) is 3.09. The van der Waals surface area contributed by atoms with Crippen molar-refractivity contribution in [3.8, 4) is 0 Å². The van der Waals surface area contributed by atoms with Gasteiger partial charge in [0.15, 0.2) is 0 Å². The molecule has 284 valence electrons. The molecule has 0 unspecified atom stereocenters. The molecule has 0 saturated heterocycles. The summed E-state index contributed by atoms with van der Waals surface area (Å²) >= 11 is 0. The van der Waals surface area contributed by atoms with Crippen LogP contribution in [0.1, 0.15) is 45.5 Å². The lowest BCUT2D eigenvalue weighted by atomic mass is 9.99. The number of nitrogens with two attached hydrogens (primary N) is 1. The number of benzene rings is 3. The Bertz CT molecular complexity index is 1880. The number of carboxylic acids is 2. The number of rotatable bonds is 18. The van der Waals surface area contributed by atoms with Gasteiger partial charge in [0.1, 0.15) is 18.1 Å². The van der Waals surface area contributed by atoms with Crippen molar-refractivity contribution in [2.24, 2.45) is 5.73 Å². The molecule has 0 saturated carbocycles. The zero-order valence-electron chi connectivity index (χ0n) is 27.2. The van der Waals surface area contributed by atoms with Gasteiger partial charge >= 0.3 is 31.1 Å². The number of primary amides is 1. The summed E-state index contributed by atoms with van der Waals surface area (Å²) in [5.74, 6) is -12.1. The van der Waals surface area contributed by atoms with Crippen LogP contribution in [0.5, 0.6) is 0 Å². The normalized spacial score (nSPS) is 13.5. The molecule has 15 nitrogen and oxygen atoms in total. The largest absolute Gasteiger partial charge is 0.481 e. The monoisotopic (exact) mass is 768 g/mol. The Morgan fingerprint density at radius 1 is 0.679 bits per heavy atom. The Morgan fingerprint density at radius 2 is 1.15 bits per heavy atom. The molecule has 3 atom stereocenters. The van der Waals surface area contributed by atoms with E-state index in [0.29, 0.717) is 12.1 Å². The summed E-state index contributed by atoms with van der Waals surface area (Å²) in [7, 11) is -5.93. The maximum Gasteiger partial charge on any atom is 0.399 e. The van der Waals surface area contributed by atoms with E-state index in [1.54, 1.807) is 6.07 Å². The van der Waals surface area contributed by atoms with Crippen LogP contribution in [0, 0.1) is 0 Å². The maximum atomic E-state index is 14.2. The maximum absolute atomic E-state index is 14.2. The highest BCUT2D eigenvalue weighted by Gasteiger charge is 2.50. The van der Waals surface area contributed by atoms with Crippen molar-refractivity contribution in [1.82, 2.24) is 16.0 Å². The Kier molecular flexibility index (Phi) is 13.6. The van der Waals surface area contributed by atoms with E-state index in [9.17, 15) is 56.0 Å². The van der Waals surface area contributed by atoms with Crippen LogP contribution in [-0.4, -0.2) is 73.7 Å². The van der Waals surface area contributed by atoms with Crippen LogP contribution in [0.25, 0.3) is 0 Å². The Labute approximate surface area is 297 Å². The molecule has 0 radical (unpaired) electrons. The van der Waals surface area contributed by atoms with Crippen LogP contribution in [0.4, 0.5) is 17.6 Å². The molecule has 0 aliphatic heterocycles. The van der Waals surface area contributed by atoms with Crippen molar-refractivity contribution in [1.29, 1.82) is 0 Å². The fraction of sp³-hybridized carbons (Fsp3) is 0.273. The molecule has 4 amide bonds. The molecule has 3 aromatic carbocycles. The van der Waals surface area contributed by atoms with Gasteiger partial charge in [-0.1, -0.05) is 66.7 Å². The van der Waals surface area contributed by atoms with Gasteiger partial charge in [-0.15, -0.1) is 0 Å². The summed E-state index contributed by atoms with van der Waals surface area (Å²) in [5.41, 5.74) is -0.770. The number of hydrogen-bond donors (Lipinski definition) is 8. The number of carbonyl (C=O) groups excluding carboxylic acids is 4. The van der Waals surface area contributed by atoms with E-state index in [1.807, 2.05) is 0 Å². The topological polar surface area (TPSA) is 263 Å². The molecule has 3 rings (SSSR count). The van der Waals surface area contributed by atoms with Crippen molar-refractivity contribution in [3.63, 3.8) is 0 Å². The number of halogens is 4. The molecule has 0 aromatic heterocycles. The zero-order valence-corrected chi connectivity index (χ0v) is 28.1. The lowest BCUT2D eigenvalue weighted by Crippen LogP contribution is -2.57. The first-order valence-corrected chi connectivity index (χ1v) is 17.0. The van der Waals surface area contributed by atoms with E-state index < -0.39 is 110 Å². The van der Waals surface area contributed by atoms with Gasteiger partial charge in [-0.05, 0) is 29.7 Å². The highest BCUT2D eigenvalue weighted by molar-refractivity contribution is 7.52. The van der Waals surface area contributed by atoms with Crippen molar-refractivity contribution >= 4 is 43.2 Å². The Hall–Kier alpha value is -5.65. The molecule has 0 bridgehead atoms. The second-order valence-electron chi connectivity index (χ2n) is 11.6. The van der Waals surface area contributed by atoms with Crippen LogP contribution in [0.15, 0.2) is 78.9 Å². The number of hydrogen-bond acceptors (Lipinski definition) is 7. The van der Waals surface area contributed by atoms with E-state index in [-0.39, 0.29) is 16.7 Å². The van der Waals surface area contributed by atoms with Crippen LogP contribution >= 0.6 is 7.60 Å². The summed E-state index contributed by atoms with van der Waals surface area (Å²) in [6, 6.07) is 9.65. The number of aliphatic carboxylic acids is 2. The molecule has 0 heterocycles. The second-order valence-corrected chi connectivity index (χ2v) is 13.3. The molecule has 0 aliphatic rings. The second kappa shape index (κ2) is 17.2. The van der Waals surface area contributed by atoms with E-state index >= 15 is 0 Å². The SMILES string of the molecule is NC(=O)[C@H](Cc1ccc(C(F)(F)C(=O)O)cc1)NC(=O)[C@H](Cc1ccc(C(F)(F)P(=O)(O)O)cc1)NC(=O)[C@H](CCC(=O)O)NC(=O)c1ccccc1. The number of carbonyl (C=O) groups is 6. The Balaban J connectivity index is 1.92. The minimum atomic E-state index is -5.93. The van der Waals surface area contributed by atoms with Crippen LogP contribution in [-0.2, 0) is 53.0 Å². The third-order valence-corrected chi connectivity index (χ3v) is 8.72. The molecule has 9 N–H and O–H groups in total. The lowest BCUT2D eigenvalue weighted by Gasteiger charge is -2.25. The highest BCUT2D eigenvalue weighted by atomic mass is 31.2. The molecular formula is C33H33F4N4O11P. The van der Waals surface area contributed by atoms with Crippen LogP contribution < -0.4 is 21.7 Å². The lowest BCUT2D eigenvalue weighted by molar-refractivity contribution is -0.166. The first-order valence-electron chi connectivity index (χ1n) is 15.3. The van der Waals surface area contributed by atoms with Gasteiger partial charge in [-0.25, -0.2) is 4.79 Å². The molecule has 0 spiro atoms. The first-order chi connectivity index (χ1) is 24.6. The number of carboxylic acid groups (broad SMARTS) is 2. The van der Waals surface area contributed by atoms with Crippen LogP contribution in [0.2, 0.25) is 0 Å². The molecule has 3 aromatic rings. The summed E-state index contributed by atoms with van der Waals surface area (Å²) in [4.78, 5) is 92.7. The van der Waals surface area contributed by atoms with Gasteiger partial charge in [0.2, 0.25) is 17.7 Å². The van der Waals surface area contributed by atoms with Crippen molar-refractivity contribution in [2.45, 2.75) is 55.4 Å². The van der Waals surface area contributed by atoms with E-state index in [2.05, 4.69) is 16.0 Å². The molecule has 0 fully saturated rings. The highest BCUT2D eigenvalue weighted by Crippen LogP contribution is 2.59. The van der Waals surface area contributed by atoms with Gasteiger partial charge in [-0.2, -0.15) is 17.6 Å². The fourth-order valence-electron chi connectivity index (χ4n) is 4.80. The minimum Gasteiger partial charge on any atom is -0.481 e. The number of amides is 4. The Morgan fingerprint density at radius 3 is 1.62 bits per heavy atom. The van der Waals surface area contributed by atoms with Crippen molar-refractivity contribution < 1.29 is 70.9 Å². The summed E-state index contributed by atoms with van der Waals surface area (Å²) in [6.45, 7) is 0. The van der Waals surface area contributed by atoms with Gasteiger partial charge in [0, 0.05) is 36.0 Å². The van der Waals surface area contributed by atoms with E-state index in [0.717, 1.165) is 36.4 Å². The van der Waals surface area contributed by atoms with Gasteiger partial charge in [0.05, 0.1) is 0 Å². The molecule has 20 heteroatoms. The smallest absolute Gasteiger partial charge is 0.399 e. The minimum absolute atomic E-state index is 0.0386. The quantitative estimate of drug-likeness (QED) is 0.0685. The molecule has 53 heavy (non-hydrogen) atoms. The van der Waals surface area contributed by atoms with Gasteiger partial charge < -0.3 is 41.7 Å². The van der Waals surface area contributed by atoms with E-state index in [4.69, 9.17) is 20.6 Å². The van der Waals surface area contributed by atoms with Crippen LogP contribution in [0.3, 0.4) is 0 Å². The fourth-order valence-corrected chi connectivity index (χ4v) is 5.28. The third kappa shape index (κ3) is 11.2. The van der Waals surface area contributed by atoms with E-state index in [1.165, 1.54) is 24.3 Å². The van der Waals surface area contributed by atoms with Gasteiger partial charge in [-0.3, -0.25) is 28.5 Å². The standard InChI is InChI=1S/C33H33F4N4O11P/c34-32(35,31(48)49)21-10-6-18(7-11-21)16-24(27(38)44)40-30(47)25(17-19-8-12-22(13-9-19)33(36,37)53(50,51)52)41-29(46)23(14-15-26(42)43)39-28(45)20-4-2-1-3-5-20/h1-13,23-25H,14-17H2,(H2,38,44)(H,39,45)(H,40,47)(H,41,46)(H,42,43)(H,48,49)(H2,50,51,52)/t23-,24-,25-/m0/s1. The summed E-state index contributed by atoms with van der Waals surface area (Å²) in [5, 5.41) is 25.0. The molecule has 0 aliphatic carbocycles. The number of nitrogens with one attached hydrogen (secondary N) is 3. The summed E-state index contributed by atoms with van der Waals surface area (Å²) < 4.78 is 67.6. The van der Waals surface area contributed by atoms with Crippen molar-refractivity contribution in [2.75, 3.05) is 0 Å². The average molecular weight is 769 g/mol. The van der Waals surface area contributed by atoms with Crippen molar-refractivity contribution in [3.05, 3.63) is 107 Å². The van der Waals surface area contributed by atoms with Gasteiger partial charge in [0.25, 0.3) is 5.91 Å². The summed E-state index contributed by atoms with van der Waals surface area (Å²) in [6.07, 6.45) is -2.01. The first kappa shape index (κ1) is 41.8. The zero-order chi connectivity index (χ0) is 39.7. The predicted octanol–water partition coefficient (Wildman–Crippen LogP) is 1.99.